The Labute approximate surface area is 197 Å². The van der Waals surface area contributed by atoms with Crippen LogP contribution in [0.4, 0.5) is 20.3 Å². The van der Waals surface area contributed by atoms with Crippen LogP contribution in [0.15, 0.2) is 30.5 Å². The molecule has 1 saturated heterocycles. The van der Waals surface area contributed by atoms with Gasteiger partial charge in [-0.15, -0.1) is 10.2 Å². The summed E-state index contributed by atoms with van der Waals surface area (Å²) in [7, 11) is 0. The van der Waals surface area contributed by atoms with E-state index in [4.69, 9.17) is 11.6 Å². The third-order valence-corrected chi connectivity index (χ3v) is 6.21. The van der Waals surface area contributed by atoms with Crippen LogP contribution in [0.25, 0.3) is 10.7 Å². The molecule has 3 aromatic rings. The molecule has 2 aromatic heterocycles. The molecule has 3 amide bonds. The lowest BCUT2D eigenvalue weighted by Crippen LogP contribution is -2.46. The van der Waals surface area contributed by atoms with Crippen molar-refractivity contribution in [1.82, 2.24) is 30.4 Å². The standard InChI is InChI=1S/C20H20ClFN8O2S/c1-20(2)16(31)27-19(32)30(20)8-7-23-17-24-10-13(21)14(26-17)15-28-29-18(33-15)25-9-11-3-5-12(22)6-4-11/h3-6,10H,7-9H2,1-2H3,(H,25,29)(H,23,24,26)(H,27,31,32). The van der Waals surface area contributed by atoms with Crippen LogP contribution in [0, 0.1) is 5.82 Å². The highest BCUT2D eigenvalue weighted by Crippen LogP contribution is 2.31. The van der Waals surface area contributed by atoms with Crippen LogP contribution in [0.1, 0.15) is 19.4 Å². The predicted octanol–water partition coefficient (Wildman–Crippen LogP) is 3.14. The maximum atomic E-state index is 13.0. The number of halogens is 2. The molecule has 1 aliphatic heterocycles. The van der Waals surface area contributed by atoms with Gasteiger partial charge < -0.3 is 15.5 Å². The number of anilines is 2. The maximum Gasteiger partial charge on any atom is 0.325 e. The van der Waals surface area contributed by atoms with Crippen molar-refractivity contribution in [2.24, 2.45) is 0 Å². The Morgan fingerprint density at radius 2 is 1.94 bits per heavy atom. The van der Waals surface area contributed by atoms with Gasteiger partial charge in [0.2, 0.25) is 11.1 Å². The summed E-state index contributed by atoms with van der Waals surface area (Å²) in [4.78, 5) is 33.9. The Kier molecular flexibility index (Phi) is 6.38. The zero-order valence-corrected chi connectivity index (χ0v) is 19.3. The smallest absolute Gasteiger partial charge is 0.325 e. The van der Waals surface area contributed by atoms with Gasteiger partial charge in [0.1, 0.15) is 17.1 Å². The molecule has 0 aliphatic carbocycles. The molecule has 33 heavy (non-hydrogen) atoms. The van der Waals surface area contributed by atoms with Crippen LogP contribution in [0.5, 0.6) is 0 Å². The minimum atomic E-state index is -0.922. The molecule has 0 unspecified atom stereocenters. The van der Waals surface area contributed by atoms with Crippen molar-refractivity contribution in [1.29, 1.82) is 0 Å². The largest absolute Gasteiger partial charge is 0.356 e. The molecule has 4 rings (SSSR count). The molecule has 0 radical (unpaired) electrons. The van der Waals surface area contributed by atoms with Crippen molar-refractivity contribution >= 4 is 46.0 Å². The molecule has 172 valence electrons. The van der Waals surface area contributed by atoms with Crippen molar-refractivity contribution in [3.63, 3.8) is 0 Å². The van der Waals surface area contributed by atoms with Crippen LogP contribution in [0.2, 0.25) is 5.02 Å². The summed E-state index contributed by atoms with van der Waals surface area (Å²) >= 11 is 7.54. The summed E-state index contributed by atoms with van der Waals surface area (Å²) in [5, 5.41) is 18.1. The quantitative estimate of drug-likeness (QED) is 0.411. The van der Waals surface area contributed by atoms with E-state index in [9.17, 15) is 14.0 Å². The number of urea groups is 1. The molecule has 3 N–H and O–H groups in total. The number of hydrogen-bond donors (Lipinski definition) is 3. The van der Waals surface area contributed by atoms with Gasteiger partial charge in [0.05, 0.1) is 11.2 Å². The Hall–Kier alpha value is -3.38. The minimum absolute atomic E-state index is 0.280. The van der Waals surface area contributed by atoms with Gasteiger partial charge in [-0.3, -0.25) is 10.1 Å². The first-order valence-electron chi connectivity index (χ1n) is 9.95. The fourth-order valence-electron chi connectivity index (χ4n) is 3.13. The van der Waals surface area contributed by atoms with E-state index in [1.54, 1.807) is 26.0 Å². The van der Waals surface area contributed by atoms with Gasteiger partial charge in [0, 0.05) is 19.6 Å². The molecule has 1 aromatic carbocycles. The van der Waals surface area contributed by atoms with Crippen molar-refractivity contribution in [2.45, 2.75) is 25.9 Å². The second-order valence-corrected chi connectivity index (χ2v) is 9.06. The fourth-order valence-corrected chi connectivity index (χ4v) is 4.11. The number of rotatable bonds is 8. The van der Waals surface area contributed by atoms with Crippen LogP contribution >= 0.6 is 22.9 Å². The van der Waals surface area contributed by atoms with Crippen molar-refractivity contribution < 1.29 is 14.0 Å². The highest BCUT2D eigenvalue weighted by atomic mass is 35.5. The Morgan fingerprint density at radius 1 is 1.18 bits per heavy atom. The minimum Gasteiger partial charge on any atom is -0.356 e. The number of amides is 3. The normalized spacial score (nSPS) is 15.0. The van der Waals surface area contributed by atoms with E-state index in [-0.39, 0.29) is 18.3 Å². The van der Waals surface area contributed by atoms with E-state index in [1.807, 2.05) is 0 Å². The Bertz CT molecular complexity index is 1190. The first-order chi connectivity index (χ1) is 15.7. The second-order valence-electron chi connectivity index (χ2n) is 7.68. The molecular formula is C20H20ClFN8O2S. The van der Waals surface area contributed by atoms with E-state index in [1.165, 1.54) is 34.6 Å². The highest BCUT2D eigenvalue weighted by Gasteiger charge is 2.45. The van der Waals surface area contributed by atoms with E-state index in [2.05, 4.69) is 36.1 Å². The lowest BCUT2D eigenvalue weighted by atomic mass is 10.0. The van der Waals surface area contributed by atoms with Gasteiger partial charge in [0.15, 0.2) is 5.01 Å². The molecule has 0 saturated carbocycles. The number of hydrogen-bond acceptors (Lipinski definition) is 9. The average Bonchev–Trinajstić information content (AvgIpc) is 3.32. The van der Waals surface area contributed by atoms with Gasteiger partial charge >= 0.3 is 6.03 Å². The Morgan fingerprint density at radius 3 is 2.64 bits per heavy atom. The third-order valence-electron chi connectivity index (χ3n) is 5.04. The topological polar surface area (TPSA) is 125 Å². The molecule has 0 atom stereocenters. The second kappa shape index (κ2) is 9.24. The first-order valence-corrected chi connectivity index (χ1v) is 11.1. The first kappa shape index (κ1) is 22.8. The van der Waals surface area contributed by atoms with Crippen LogP contribution < -0.4 is 16.0 Å². The number of aromatic nitrogens is 4. The highest BCUT2D eigenvalue weighted by molar-refractivity contribution is 7.18. The van der Waals surface area contributed by atoms with Crippen LogP contribution in [-0.2, 0) is 11.3 Å². The Balaban J connectivity index is 1.39. The summed E-state index contributed by atoms with van der Waals surface area (Å²) in [5.74, 6) is -0.326. The van der Waals surface area contributed by atoms with Gasteiger partial charge in [-0.1, -0.05) is 35.1 Å². The van der Waals surface area contributed by atoms with Gasteiger partial charge in [-0.25, -0.2) is 19.2 Å². The third kappa shape index (κ3) is 5.01. The number of nitrogens with zero attached hydrogens (tertiary/aromatic N) is 5. The van der Waals surface area contributed by atoms with E-state index < -0.39 is 11.6 Å². The lowest BCUT2D eigenvalue weighted by Gasteiger charge is -2.27. The summed E-state index contributed by atoms with van der Waals surface area (Å²) in [6.07, 6.45) is 1.45. The van der Waals surface area contributed by atoms with Gasteiger partial charge in [0.25, 0.3) is 5.91 Å². The molecule has 10 nitrogen and oxygen atoms in total. The molecule has 0 bridgehead atoms. The lowest BCUT2D eigenvalue weighted by molar-refractivity contribution is -0.125. The van der Waals surface area contributed by atoms with E-state index >= 15 is 0 Å². The predicted molar refractivity (Wildman–Crippen MR) is 122 cm³/mol. The van der Waals surface area contributed by atoms with Crippen LogP contribution in [0.3, 0.4) is 0 Å². The number of nitrogens with one attached hydrogen (secondary N) is 3. The number of carbonyl (C=O) groups excluding carboxylic acids is 2. The summed E-state index contributed by atoms with van der Waals surface area (Å²) in [5.41, 5.74) is 0.390. The molecule has 1 aliphatic rings. The van der Waals surface area contributed by atoms with Crippen molar-refractivity contribution in [2.75, 3.05) is 23.7 Å². The molecule has 1 fully saturated rings. The van der Waals surface area contributed by atoms with Crippen molar-refractivity contribution in [3.05, 3.63) is 46.9 Å². The number of carbonyl (C=O) groups is 2. The summed E-state index contributed by atoms with van der Waals surface area (Å²) in [6, 6.07) is 5.73. The monoisotopic (exact) mass is 490 g/mol. The zero-order valence-electron chi connectivity index (χ0n) is 17.7. The van der Waals surface area contributed by atoms with Crippen LogP contribution in [-0.4, -0.2) is 55.6 Å². The van der Waals surface area contributed by atoms with E-state index in [0.29, 0.717) is 39.9 Å². The summed E-state index contributed by atoms with van der Waals surface area (Å²) < 4.78 is 13.0. The summed E-state index contributed by atoms with van der Waals surface area (Å²) in [6.45, 7) is 4.43. The number of imide groups is 1. The molecule has 0 spiro atoms. The SMILES string of the molecule is CC1(C)C(=O)NC(=O)N1CCNc1ncc(Cl)c(-c2nnc(NCc3ccc(F)cc3)s2)n1. The van der Waals surface area contributed by atoms with Gasteiger partial charge in [-0.05, 0) is 31.5 Å². The number of benzene rings is 1. The fraction of sp³-hybridized carbons (Fsp3) is 0.300. The van der Waals surface area contributed by atoms with E-state index in [0.717, 1.165) is 5.56 Å². The van der Waals surface area contributed by atoms with Gasteiger partial charge in [-0.2, -0.15) is 0 Å². The molecule has 3 heterocycles. The molecule has 13 heteroatoms. The zero-order chi connectivity index (χ0) is 23.6. The molecular weight excluding hydrogens is 471 g/mol. The average molecular weight is 491 g/mol. The maximum absolute atomic E-state index is 13.0. The van der Waals surface area contributed by atoms with Crippen molar-refractivity contribution in [3.8, 4) is 10.7 Å².